The maximum absolute atomic E-state index is 12.0. The normalized spacial score (nSPS) is 10.2. The summed E-state index contributed by atoms with van der Waals surface area (Å²) in [5.74, 6) is -0.398. The fraction of sp³-hybridized carbons (Fsp3) is 0.231. The van der Waals surface area contributed by atoms with Gasteiger partial charge in [0.05, 0.1) is 5.52 Å². The molecule has 1 aromatic heterocycles. The third-order valence-electron chi connectivity index (χ3n) is 2.54. The van der Waals surface area contributed by atoms with E-state index in [0.29, 0.717) is 24.2 Å². The van der Waals surface area contributed by atoms with Gasteiger partial charge in [-0.25, -0.2) is 9.97 Å². The van der Waals surface area contributed by atoms with Gasteiger partial charge in [-0.3, -0.25) is 9.59 Å². The van der Waals surface area contributed by atoms with Crippen LogP contribution in [0.3, 0.4) is 0 Å². The Kier molecular flexibility index (Phi) is 4.02. The predicted octanol–water partition coefficient (Wildman–Crippen LogP) is 0.496. The number of hydrogen-bond donors (Lipinski definition) is 2. The Morgan fingerprint density at radius 2 is 1.84 bits per heavy atom. The highest BCUT2D eigenvalue weighted by Gasteiger charge is 2.11. The highest BCUT2D eigenvalue weighted by Crippen LogP contribution is 2.13. The summed E-state index contributed by atoms with van der Waals surface area (Å²) >= 11 is 0. The molecule has 6 nitrogen and oxygen atoms in total. The molecule has 2 rings (SSSR count). The quantitative estimate of drug-likeness (QED) is 0.782. The van der Waals surface area contributed by atoms with Crippen molar-refractivity contribution in [2.75, 3.05) is 13.1 Å². The Balaban J connectivity index is 2.07. The van der Waals surface area contributed by atoms with Crippen molar-refractivity contribution < 1.29 is 9.59 Å². The van der Waals surface area contributed by atoms with Crippen LogP contribution in [0.15, 0.2) is 30.6 Å². The van der Waals surface area contributed by atoms with Crippen molar-refractivity contribution in [2.45, 2.75) is 6.92 Å². The van der Waals surface area contributed by atoms with E-state index >= 15 is 0 Å². The topological polar surface area (TPSA) is 84.0 Å². The molecule has 1 aromatic carbocycles. The van der Waals surface area contributed by atoms with Crippen LogP contribution < -0.4 is 10.6 Å². The first-order valence-corrected chi connectivity index (χ1v) is 5.91. The van der Waals surface area contributed by atoms with Crippen molar-refractivity contribution in [3.8, 4) is 0 Å². The largest absolute Gasteiger partial charge is 0.355 e. The lowest BCUT2D eigenvalue weighted by Crippen LogP contribution is -2.34. The number of benzene rings is 1. The van der Waals surface area contributed by atoms with Gasteiger partial charge in [-0.1, -0.05) is 18.2 Å². The number of carbonyl (C=O) groups excluding carboxylic acids is 2. The summed E-state index contributed by atoms with van der Waals surface area (Å²) in [7, 11) is 0. The summed E-state index contributed by atoms with van der Waals surface area (Å²) in [6, 6.07) is 7.32. The predicted molar refractivity (Wildman–Crippen MR) is 70.6 cm³/mol. The molecule has 0 aliphatic heterocycles. The second-order valence-electron chi connectivity index (χ2n) is 3.98. The van der Waals surface area contributed by atoms with E-state index in [9.17, 15) is 9.59 Å². The molecule has 0 saturated carbocycles. The first kappa shape index (κ1) is 12.9. The number of rotatable bonds is 4. The molecule has 2 N–H and O–H groups in total. The molecule has 0 radical (unpaired) electrons. The van der Waals surface area contributed by atoms with E-state index in [1.807, 2.05) is 18.2 Å². The number of nitrogens with zero attached hydrogens (tertiary/aromatic N) is 2. The van der Waals surface area contributed by atoms with Crippen LogP contribution in [0.5, 0.6) is 0 Å². The Bertz CT molecular complexity index is 607. The van der Waals surface area contributed by atoms with E-state index in [0.717, 1.165) is 5.52 Å². The minimum Gasteiger partial charge on any atom is -0.355 e. The zero-order chi connectivity index (χ0) is 13.7. The van der Waals surface area contributed by atoms with Gasteiger partial charge >= 0.3 is 0 Å². The highest BCUT2D eigenvalue weighted by atomic mass is 16.2. The number of carbonyl (C=O) groups is 2. The van der Waals surface area contributed by atoms with Gasteiger partial charge in [0.25, 0.3) is 5.91 Å². The minimum absolute atomic E-state index is 0.123. The molecule has 0 atom stereocenters. The van der Waals surface area contributed by atoms with Crippen LogP contribution >= 0.6 is 0 Å². The van der Waals surface area contributed by atoms with Crippen molar-refractivity contribution in [1.82, 2.24) is 20.6 Å². The van der Waals surface area contributed by atoms with Crippen LogP contribution in [0, 0.1) is 0 Å². The van der Waals surface area contributed by atoms with Crippen LogP contribution in [0.25, 0.3) is 10.9 Å². The number of hydrogen-bond acceptors (Lipinski definition) is 4. The van der Waals surface area contributed by atoms with Gasteiger partial charge in [0.15, 0.2) is 0 Å². The number of para-hydroxylation sites is 1. The summed E-state index contributed by atoms with van der Waals surface area (Å²) in [4.78, 5) is 30.8. The van der Waals surface area contributed by atoms with Gasteiger partial charge in [0.2, 0.25) is 5.91 Å². The smallest absolute Gasteiger partial charge is 0.270 e. The third kappa shape index (κ3) is 3.25. The number of amides is 2. The van der Waals surface area contributed by atoms with Gasteiger partial charge in [0, 0.05) is 25.4 Å². The standard InChI is InChI=1S/C13H14N4O2/c1-9(18)14-6-7-15-13(19)12-10-4-2-3-5-11(10)16-8-17-12/h2-5,8H,6-7H2,1H3,(H,14,18)(H,15,19). The summed E-state index contributed by atoms with van der Waals surface area (Å²) in [6.45, 7) is 2.18. The highest BCUT2D eigenvalue weighted by molar-refractivity contribution is 6.04. The Hall–Kier alpha value is -2.50. The van der Waals surface area contributed by atoms with Crippen LogP contribution in [0.2, 0.25) is 0 Å². The molecule has 0 aliphatic rings. The molecular formula is C13H14N4O2. The second kappa shape index (κ2) is 5.90. The van der Waals surface area contributed by atoms with Gasteiger partial charge in [0.1, 0.15) is 12.0 Å². The molecule has 0 saturated heterocycles. The van der Waals surface area contributed by atoms with Crippen molar-refractivity contribution in [2.24, 2.45) is 0 Å². The van der Waals surface area contributed by atoms with Gasteiger partial charge < -0.3 is 10.6 Å². The van der Waals surface area contributed by atoms with Crippen molar-refractivity contribution >= 4 is 22.7 Å². The molecule has 0 aliphatic carbocycles. The maximum atomic E-state index is 12.0. The van der Waals surface area contributed by atoms with Crippen LogP contribution in [0.4, 0.5) is 0 Å². The summed E-state index contributed by atoms with van der Waals surface area (Å²) in [5.41, 5.74) is 1.07. The SMILES string of the molecule is CC(=O)NCCNC(=O)c1ncnc2ccccc12. The summed E-state index contributed by atoms with van der Waals surface area (Å²) in [6.07, 6.45) is 1.37. The second-order valence-corrected chi connectivity index (χ2v) is 3.98. The summed E-state index contributed by atoms with van der Waals surface area (Å²) in [5, 5.41) is 6.02. The first-order chi connectivity index (χ1) is 9.18. The monoisotopic (exact) mass is 258 g/mol. The molecule has 0 unspecified atom stereocenters. The van der Waals surface area contributed by atoms with E-state index in [-0.39, 0.29) is 11.8 Å². The molecule has 0 bridgehead atoms. The number of fused-ring (bicyclic) bond motifs is 1. The lowest BCUT2D eigenvalue weighted by atomic mass is 10.2. The molecule has 2 amide bonds. The lowest BCUT2D eigenvalue weighted by Gasteiger charge is -2.06. The Labute approximate surface area is 110 Å². The Morgan fingerprint density at radius 1 is 1.11 bits per heavy atom. The van der Waals surface area contributed by atoms with Gasteiger partial charge in [-0.05, 0) is 6.07 Å². The molecule has 98 valence electrons. The number of nitrogens with one attached hydrogen (secondary N) is 2. The van der Waals surface area contributed by atoms with Crippen LogP contribution in [-0.2, 0) is 4.79 Å². The van der Waals surface area contributed by atoms with Gasteiger partial charge in [-0.15, -0.1) is 0 Å². The van der Waals surface area contributed by atoms with Crippen molar-refractivity contribution in [3.05, 3.63) is 36.3 Å². The number of aromatic nitrogens is 2. The van der Waals surface area contributed by atoms with E-state index in [2.05, 4.69) is 20.6 Å². The molecule has 2 aromatic rings. The first-order valence-electron chi connectivity index (χ1n) is 5.91. The fourth-order valence-electron chi connectivity index (χ4n) is 1.68. The molecule has 6 heteroatoms. The van der Waals surface area contributed by atoms with E-state index in [1.54, 1.807) is 6.07 Å². The lowest BCUT2D eigenvalue weighted by molar-refractivity contribution is -0.118. The Morgan fingerprint density at radius 3 is 2.63 bits per heavy atom. The summed E-state index contributed by atoms with van der Waals surface area (Å²) < 4.78 is 0. The van der Waals surface area contributed by atoms with Crippen LogP contribution in [0.1, 0.15) is 17.4 Å². The van der Waals surface area contributed by atoms with Gasteiger partial charge in [-0.2, -0.15) is 0 Å². The van der Waals surface area contributed by atoms with E-state index in [4.69, 9.17) is 0 Å². The molecule has 19 heavy (non-hydrogen) atoms. The average Bonchev–Trinajstić information content (AvgIpc) is 2.42. The average molecular weight is 258 g/mol. The van der Waals surface area contributed by atoms with Crippen LogP contribution in [-0.4, -0.2) is 34.9 Å². The van der Waals surface area contributed by atoms with Crippen molar-refractivity contribution in [1.29, 1.82) is 0 Å². The molecule has 0 fully saturated rings. The zero-order valence-corrected chi connectivity index (χ0v) is 10.5. The fourth-order valence-corrected chi connectivity index (χ4v) is 1.68. The zero-order valence-electron chi connectivity index (χ0n) is 10.5. The molecular weight excluding hydrogens is 244 g/mol. The van der Waals surface area contributed by atoms with E-state index < -0.39 is 0 Å². The van der Waals surface area contributed by atoms with Crippen molar-refractivity contribution in [3.63, 3.8) is 0 Å². The minimum atomic E-state index is -0.274. The molecule has 1 heterocycles. The van der Waals surface area contributed by atoms with E-state index in [1.165, 1.54) is 13.3 Å². The molecule has 0 spiro atoms. The third-order valence-corrected chi connectivity index (χ3v) is 2.54. The maximum Gasteiger partial charge on any atom is 0.270 e.